The lowest BCUT2D eigenvalue weighted by molar-refractivity contribution is 0.0988. The minimum atomic E-state index is -0.0277. The van der Waals surface area contributed by atoms with Gasteiger partial charge in [0.25, 0.3) is 5.91 Å². The summed E-state index contributed by atoms with van der Waals surface area (Å²) in [7, 11) is 0. The second-order valence-electron chi connectivity index (χ2n) is 4.96. The van der Waals surface area contributed by atoms with E-state index in [1.807, 2.05) is 44.2 Å². The molecule has 1 amide bonds. The van der Waals surface area contributed by atoms with Gasteiger partial charge in [-0.1, -0.05) is 36.4 Å². The zero-order chi connectivity index (χ0) is 14.8. The Hall–Kier alpha value is -2.62. The monoisotopic (exact) mass is 279 g/mol. The van der Waals surface area contributed by atoms with E-state index in [0.717, 1.165) is 22.2 Å². The van der Waals surface area contributed by atoms with Gasteiger partial charge in [-0.25, -0.2) is 0 Å². The highest BCUT2D eigenvalue weighted by atomic mass is 16.2. The Balaban J connectivity index is 2.11. The number of benzene rings is 2. The number of aromatic nitrogens is 2. The molecule has 1 heterocycles. The summed E-state index contributed by atoms with van der Waals surface area (Å²) in [6, 6.07) is 14.1. The van der Waals surface area contributed by atoms with Crippen LogP contribution in [0.2, 0.25) is 0 Å². The molecule has 106 valence electrons. The summed E-state index contributed by atoms with van der Waals surface area (Å²) in [5.41, 5.74) is 2.34. The minimum Gasteiger partial charge on any atom is -0.308 e. The lowest BCUT2D eigenvalue weighted by Crippen LogP contribution is -2.31. The summed E-state index contributed by atoms with van der Waals surface area (Å²) in [6.07, 6.45) is 1.59. The number of anilines is 1. The molecule has 0 saturated heterocycles. The van der Waals surface area contributed by atoms with Crippen molar-refractivity contribution in [1.29, 1.82) is 0 Å². The number of aromatic amines is 1. The van der Waals surface area contributed by atoms with E-state index in [2.05, 4.69) is 22.3 Å². The number of carbonyl (C=O) groups excluding carboxylic acids is 1. The van der Waals surface area contributed by atoms with Crippen LogP contribution in [0, 0.1) is 6.92 Å². The number of hydrogen-bond donors (Lipinski definition) is 1. The molecule has 0 unspecified atom stereocenters. The number of aryl methyl sites for hydroxylation is 1. The smallest absolute Gasteiger partial charge is 0.261 e. The number of H-pyrrole nitrogens is 1. The Morgan fingerprint density at radius 2 is 1.95 bits per heavy atom. The molecular weight excluding hydrogens is 262 g/mol. The molecule has 0 bridgehead atoms. The third-order valence-electron chi connectivity index (χ3n) is 3.68. The fraction of sp³-hybridized carbons (Fsp3) is 0.176. The van der Waals surface area contributed by atoms with Crippen LogP contribution in [0.5, 0.6) is 0 Å². The maximum Gasteiger partial charge on any atom is 0.261 e. The van der Waals surface area contributed by atoms with E-state index in [1.54, 1.807) is 11.1 Å². The van der Waals surface area contributed by atoms with Gasteiger partial charge in [-0.15, -0.1) is 0 Å². The second-order valence-corrected chi connectivity index (χ2v) is 4.96. The predicted octanol–water partition coefficient (Wildman–Crippen LogP) is 3.54. The van der Waals surface area contributed by atoms with Crippen molar-refractivity contribution in [2.24, 2.45) is 0 Å². The Morgan fingerprint density at radius 1 is 1.19 bits per heavy atom. The summed E-state index contributed by atoms with van der Waals surface area (Å²) < 4.78 is 0. The van der Waals surface area contributed by atoms with Gasteiger partial charge in [0.1, 0.15) is 0 Å². The van der Waals surface area contributed by atoms with Crippen LogP contribution >= 0.6 is 0 Å². The van der Waals surface area contributed by atoms with Gasteiger partial charge in [0, 0.05) is 17.6 Å². The van der Waals surface area contributed by atoms with Crippen LogP contribution in [0.4, 0.5) is 5.69 Å². The van der Waals surface area contributed by atoms with E-state index in [-0.39, 0.29) is 5.91 Å². The molecule has 2 aromatic carbocycles. The highest BCUT2D eigenvalue weighted by Gasteiger charge is 2.20. The summed E-state index contributed by atoms with van der Waals surface area (Å²) in [4.78, 5) is 14.6. The average Bonchev–Trinajstić information content (AvgIpc) is 2.94. The fourth-order valence-corrected chi connectivity index (χ4v) is 2.58. The number of amides is 1. The molecule has 1 aromatic heterocycles. The fourth-order valence-electron chi connectivity index (χ4n) is 2.58. The van der Waals surface area contributed by atoms with E-state index in [1.165, 1.54) is 0 Å². The lowest BCUT2D eigenvalue weighted by atomic mass is 10.1. The maximum atomic E-state index is 12.8. The Kier molecular flexibility index (Phi) is 3.44. The topological polar surface area (TPSA) is 49.0 Å². The molecule has 3 rings (SSSR count). The highest BCUT2D eigenvalue weighted by molar-refractivity contribution is 6.11. The zero-order valence-corrected chi connectivity index (χ0v) is 12.1. The molecule has 3 aromatic rings. The van der Waals surface area contributed by atoms with Gasteiger partial charge in [-0.2, -0.15) is 5.10 Å². The van der Waals surface area contributed by atoms with Gasteiger partial charge in [0.05, 0.1) is 17.4 Å². The van der Waals surface area contributed by atoms with Crippen LogP contribution in [0.15, 0.2) is 48.7 Å². The molecule has 4 nitrogen and oxygen atoms in total. The number of hydrogen-bond acceptors (Lipinski definition) is 2. The highest BCUT2D eigenvalue weighted by Crippen LogP contribution is 2.28. The van der Waals surface area contributed by atoms with E-state index < -0.39 is 0 Å². The number of carbonyl (C=O) groups is 1. The Labute approximate surface area is 123 Å². The normalized spacial score (nSPS) is 10.8. The minimum absolute atomic E-state index is 0.0277. The van der Waals surface area contributed by atoms with E-state index in [0.29, 0.717) is 12.1 Å². The molecule has 21 heavy (non-hydrogen) atoms. The van der Waals surface area contributed by atoms with Crippen LogP contribution in [-0.4, -0.2) is 22.6 Å². The van der Waals surface area contributed by atoms with Crippen molar-refractivity contribution in [1.82, 2.24) is 10.2 Å². The summed E-state index contributed by atoms with van der Waals surface area (Å²) in [5.74, 6) is -0.0277. The van der Waals surface area contributed by atoms with Crippen LogP contribution in [0.1, 0.15) is 23.0 Å². The average molecular weight is 279 g/mol. The first-order valence-electron chi connectivity index (χ1n) is 7.02. The number of nitrogens with zero attached hydrogens (tertiary/aromatic N) is 2. The van der Waals surface area contributed by atoms with Crippen LogP contribution < -0.4 is 4.90 Å². The Bertz CT molecular complexity index is 786. The van der Waals surface area contributed by atoms with E-state index >= 15 is 0 Å². The largest absolute Gasteiger partial charge is 0.308 e. The Morgan fingerprint density at radius 3 is 2.67 bits per heavy atom. The van der Waals surface area contributed by atoms with Crippen molar-refractivity contribution in [3.8, 4) is 0 Å². The summed E-state index contributed by atoms with van der Waals surface area (Å²) in [5, 5.41) is 8.97. The molecular formula is C17H17N3O. The van der Waals surface area contributed by atoms with Gasteiger partial charge < -0.3 is 4.90 Å². The van der Waals surface area contributed by atoms with Crippen molar-refractivity contribution >= 4 is 22.4 Å². The third-order valence-corrected chi connectivity index (χ3v) is 3.68. The van der Waals surface area contributed by atoms with Gasteiger partial charge in [0.15, 0.2) is 0 Å². The molecule has 0 aliphatic heterocycles. The molecule has 0 spiro atoms. The lowest BCUT2D eigenvalue weighted by Gasteiger charge is -2.22. The summed E-state index contributed by atoms with van der Waals surface area (Å²) >= 11 is 0. The third kappa shape index (κ3) is 2.29. The number of rotatable bonds is 3. The molecule has 0 saturated carbocycles. The molecule has 0 atom stereocenters. The van der Waals surface area contributed by atoms with Crippen molar-refractivity contribution in [3.05, 3.63) is 59.9 Å². The predicted molar refractivity (Wildman–Crippen MR) is 84.6 cm³/mol. The first-order chi connectivity index (χ1) is 10.2. The number of fused-ring (bicyclic) bond motifs is 1. The van der Waals surface area contributed by atoms with Crippen molar-refractivity contribution in [2.75, 3.05) is 11.4 Å². The van der Waals surface area contributed by atoms with Crippen molar-refractivity contribution in [2.45, 2.75) is 13.8 Å². The van der Waals surface area contributed by atoms with Crippen LogP contribution in [0.3, 0.4) is 0 Å². The first-order valence-corrected chi connectivity index (χ1v) is 7.02. The second kappa shape index (κ2) is 5.40. The first kappa shape index (κ1) is 13.4. The van der Waals surface area contributed by atoms with Crippen LogP contribution in [-0.2, 0) is 0 Å². The van der Waals surface area contributed by atoms with Crippen molar-refractivity contribution < 1.29 is 4.79 Å². The molecule has 4 heteroatoms. The van der Waals surface area contributed by atoms with Gasteiger partial charge in [-0.05, 0) is 25.3 Å². The molecule has 0 fully saturated rings. The van der Waals surface area contributed by atoms with Gasteiger partial charge in [-0.3, -0.25) is 9.89 Å². The van der Waals surface area contributed by atoms with E-state index in [4.69, 9.17) is 0 Å². The maximum absolute atomic E-state index is 12.8. The zero-order valence-electron chi connectivity index (χ0n) is 12.1. The van der Waals surface area contributed by atoms with E-state index in [9.17, 15) is 4.79 Å². The molecule has 0 radical (unpaired) electrons. The molecule has 0 aliphatic carbocycles. The summed E-state index contributed by atoms with van der Waals surface area (Å²) in [6.45, 7) is 4.45. The quantitative estimate of drug-likeness (QED) is 0.797. The molecule has 0 aliphatic rings. The molecule has 1 N–H and O–H groups in total. The van der Waals surface area contributed by atoms with Crippen molar-refractivity contribution in [3.63, 3.8) is 0 Å². The standard InChI is InChI=1S/C17H17N3O/c1-3-20(17(21)15-11-18-19-12(15)2)16-10-6-8-13-7-4-5-9-14(13)16/h4-11H,3H2,1-2H3,(H,18,19). The van der Waals surface area contributed by atoms with Gasteiger partial charge >= 0.3 is 0 Å². The van der Waals surface area contributed by atoms with Crippen LogP contribution in [0.25, 0.3) is 10.8 Å². The van der Waals surface area contributed by atoms with Gasteiger partial charge in [0.2, 0.25) is 0 Å². The SMILES string of the molecule is CCN(C(=O)c1cn[nH]c1C)c1cccc2ccccc12. The number of nitrogens with one attached hydrogen (secondary N) is 1.